The van der Waals surface area contributed by atoms with Crippen LogP contribution in [-0.4, -0.2) is 57.7 Å². The highest BCUT2D eigenvalue weighted by molar-refractivity contribution is 7.87. The van der Waals surface area contributed by atoms with Gasteiger partial charge in [-0.1, -0.05) is 17.7 Å². The summed E-state index contributed by atoms with van der Waals surface area (Å²) in [6.07, 6.45) is 0.843. The van der Waals surface area contributed by atoms with E-state index in [1.807, 2.05) is 27.1 Å². The Hall–Kier alpha value is -2.13. The van der Waals surface area contributed by atoms with Gasteiger partial charge in [0, 0.05) is 24.2 Å². The van der Waals surface area contributed by atoms with E-state index in [9.17, 15) is 9.00 Å². The smallest absolute Gasteiger partial charge is 0.335 e. The first-order valence-corrected chi connectivity index (χ1v) is 10.9. The van der Waals surface area contributed by atoms with Gasteiger partial charge in [0.15, 0.2) is 0 Å². The third-order valence-electron chi connectivity index (χ3n) is 4.86. The predicted molar refractivity (Wildman–Crippen MR) is 114 cm³/mol. The lowest BCUT2D eigenvalue weighted by Crippen LogP contribution is -2.36. The predicted octanol–water partition coefficient (Wildman–Crippen LogP) is 3.99. The zero-order valence-electron chi connectivity index (χ0n) is 16.5. The third kappa shape index (κ3) is 5.08. The number of nitrogens with zero attached hydrogens (tertiary/aromatic N) is 3. The zero-order valence-corrected chi connectivity index (χ0v) is 18.1. The molecule has 0 radical (unpaired) electrons. The normalized spacial score (nSPS) is 19.1. The van der Waals surface area contributed by atoms with Crippen molar-refractivity contribution < 1.29 is 18.3 Å². The van der Waals surface area contributed by atoms with Gasteiger partial charge in [-0.05, 0) is 69.4 Å². The highest BCUT2D eigenvalue weighted by Gasteiger charge is 2.33. The van der Waals surface area contributed by atoms with Gasteiger partial charge in [-0.3, -0.25) is 0 Å². The molecule has 9 heteroatoms. The van der Waals surface area contributed by atoms with Crippen LogP contribution in [0.5, 0.6) is 5.75 Å². The molecule has 156 valence electrons. The number of hydrogen-bond donors (Lipinski definition) is 1. The molecule has 0 amide bonds. The maximum Gasteiger partial charge on any atom is 0.335 e. The van der Waals surface area contributed by atoms with Crippen molar-refractivity contribution in [2.75, 3.05) is 27.2 Å². The summed E-state index contributed by atoms with van der Waals surface area (Å²) < 4.78 is 25.9. The fourth-order valence-corrected chi connectivity index (χ4v) is 4.89. The lowest BCUT2D eigenvalue weighted by molar-refractivity contribution is 0.0697. The molecule has 0 aromatic heterocycles. The summed E-state index contributed by atoms with van der Waals surface area (Å²) in [5.41, 5.74) is 1.48. The largest absolute Gasteiger partial charge is 0.478 e. The summed E-state index contributed by atoms with van der Waals surface area (Å²) in [6, 6.07) is 11.3. The second kappa shape index (κ2) is 8.71. The topological polar surface area (TPSA) is 82.4 Å². The van der Waals surface area contributed by atoms with Crippen LogP contribution in [-0.2, 0) is 10.2 Å². The molecule has 1 heterocycles. The first-order chi connectivity index (χ1) is 13.7. The molecule has 0 bridgehead atoms. The molecule has 0 saturated carbocycles. The molecule has 7 nitrogen and oxygen atoms in total. The molecule has 1 aliphatic heterocycles. The van der Waals surface area contributed by atoms with Crippen LogP contribution in [0.4, 0.5) is 5.69 Å². The van der Waals surface area contributed by atoms with Gasteiger partial charge in [0.05, 0.1) is 11.3 Å². The van der Waals surface area contributed by atoms with Crippen LogP contribution in [0.1, 0.15) is 22.3 Å². The summed E-state index contributed by atoms with van der Waals surface area (Å²) in [5.74, 6) is -0.750. The first kappa shape index (κ1) is 21.6. The van der Waals surface area contributed by atoms with Gasteiger partial charge in [0.25, 0.3) is 10.2 Å². The van der Waals surface area contributed by atoms with Gasteiger partial charge in [-0.15, -0.1) is 0 Å². The lowest BCUT2D eigenvalue weighted by Gasteiger charge is -2.23. The quantitative estimate of drug-likeness (QED) is 0.738. The SMILES string of the molecule is Cc1ccc(N=S(=O)(Oc2ccc(C(=O)O)cc2)N2CC[C@H](N(C)C)C2)cc1Cl. The summed E-state index contributed by atoms with van der Waals surface area (Å²) >= 11 is 6.20. The van der Waals surface area contributed by atoms with Crippen LogP contribution >= 0.6 is 11.6 Å². The number of aryl methyl sites for hydroxylation is 1. The van der Waals surface area contributed by atoms with E-state index in [1.54, 1.807) is 16.4 Å². The summed E-state index contributed by atoms with van der Waals surface area (Å²) in [4.78, 5) is 13.2. The van der Waals surface area contributed by atoms with Crippen LogP contribution in [0.15, 0.2) is 46.8 Å². The van der Waals surface area contributed by atoms with Crippen molar-refractivity contribution in [2.45, 2.75) is 19.4 Å². The maximum absolute atomic E-state index is 13.9. The van der Waals surface area contributed by atoms with E-state index in [2.05, 4.69) is 9.26 Å². The van der Waals surface area contributed by atoms with E-state index < -0.39 is 16.2 Å². The number of likely N-dealkylation sites (N-methyl/N-ethyl adjacent to an activating group) is 1. The molecule has 1 saturated heterocycles. The van der Waals surface area contributed by atoms with E-state index in [-0.39, 0.29) is 17.4 Å². The van der Waals surface area contributed by atoms with Gasteiger partial charge in [-0.25, -0.2) is 4.79 Å². The number of aromatic carboxylic acids is 1. The number of hydrogen-bond acceptors (Lipinski definition) is 5. The Morgan fingerprint density at radius 3 is 2.52 bits per heavy atom. The summed E-state index contributed by atoms with van der Waals surface area (Å²) in [5, 5.41) is 9.60. The van der Waals surface area contributed by atoms with E-state index in [1.165, 1.54) is 24.3 Å². The Bertz CT molecular complexity index is 1020. The lowest BCUT2D eigenvalue weighted by atomic mass is 10.2. The molecule has 1 N–H and O–H groups in total. The van der Waals surface area contributed by atoms with Crippen LogP contribution < -0.4 is 4.18 Å². The van der Waals surface area contributed by atoms with Gasteiger partial charge < -0.3 is 14.2 Å². The number of carbonyl (C=O) groups is 1. The Morgan fingerprint density at radius 1 is 1.28 bits per heavy atom. The van der Waals surface area contributed by atoms with Crippen molar-refractivity contribution in [3.05, 3.63) is 58.6 Å². The number of carboxylic acid groups (broad SMARTS) is 1. The van der Waals surface area contributed by atoms with Crippen molar-refractivity contribution in [2.24, 2.45) is 4.36 Å². The number of rotatable bonds is 6. The first-order valence-electron chi connectivity index (χ1n) is 9.15. The van der Waals surface area contributed by atoms with E-state index >= 15 is 0 Å². The molecule has 2 atom stereocenters. The van der Waals surface area contributed by atoms with Crippen molar-refractivity contribution in [3.63, 3.8) is 0 Å². The van der Waals surface area contributed by atoms with E-state index in [0.29, 0.717) is 23.8 Å². The zero-order chi connectivity index (χ0) is 21.2. The molecular formula is C20H24ClN3O4S. The molecule has 3 rings (SSSR count). The Balaban J connectivity index is 1.99. The highest BCUT2D eigenvalue weighted by Crippen LogP contribution is 2.28. The van der Waals surface area contributed by atoms with Crippen molar-refractivity contribution in [1.29, 1.82) is 0 Å². The Kier molecular flexibility index (Phi) is 6.48. The average Bonchev–Trinajstić information content (AvgIpc) is 3.16. The van der Waals surface area contributed by atoms with Crippen molar-refractivity contribution in [1.82, 2.24) is 9.21 Å². The molecule has 2 aromatic rings. The van der Waals surface area contributed by atoms with Gasteiger partial charge >= 0.3 is 5.97 Å². The van der Waals surface area contributed by atoms with Crippen LogP contribution in [0.3, 0.4) is 0 Å². The molecular weight excluding hydrogens is 414 g/mol. The maximum atomic E-state index is 13.9. The van der Waals surface area contributed by atoms with Crippen LogP contribution in [0, 0.1) is 6.92 Å². The van der Waals surface area contributed by atoms with Gasteiger partial charge in [0.2, 0.25) is 0 Å². The molecule has 1 aliphatic rings. The minimum Gasteiger partial charge on any atom is -0.478 e. The molecule has 1 unspecified atom stereocenters. The molecule has 2 aromatic carbocycles. The monoisotopic (exact) mass is 437 g/mol. The standard InChI is InChI=1S/C20H24ClN3O4S/c1-14-4-7-16(12-19(14)21)22-29(27,24-11-10-17(13-24)23(2)3)28-18-8-5-15(6-9-18)20(25)26/h4-9,12,17H,10-11,13H2,1-3H3,(H,25,26)/t17-,29?/m0/s1. The van der Waals surface area contributed by atoms with Crippen LogP contribution in [0.2, 0.25) is 5.02 Å². The third-order valence-corrected chi connectivity index (χ3v) is 7.11. The summed E-state index contributed by atoms with van der Waals surface area (Å²) in [6.45, 7) is 2.99. The minimum absolute atomic E-state index is 0.125. The number of halogens is 1. The van der Waals surface area contributed by atoms with E-state index in [4.69, 9.17) is 20.9 Å². The molecule has 29 heavy (non-hydrogen) atoms. The fraction of sp³-hybridized carbons (Fsp3) is 0.350. The van der Waals surface area contributed by atoms with Gasteiger partial charge in [-0.2, -0.15) is 12.9 Å². The van der Waals surface area contributed by atoms with Crippen LogP contribution in [0.25, 0.3) is 0 Å². The van der Waals surface area contributed by atoms with E-state index in [0.717, 1.165) is 12.0 Å². The summed E-state index contributed by atoms with van der Waals surface area (Å²) in [7, 11) is 0.692. The van der Waals surface area contributed by atoms with Crippen molar-refractivity contribution in [3.8, 4) is 5.75 Å². The Labute approximate surface area is 176 Å². The molecule has 0 aliphatic carbocycles. The highest BCUT2D eigenvalue weighted by atomic mass is 35.5. The fourth-order valence-electron chi connectivity index (χ4n) is 3.02. The number of carboxylic acids is 1. The number of benzene rings is 2. The Morgan fingerprint density at radius 2 is 1.97 bits per heavy atom. The second-order valence-corrected chi connectivity index (χ2v) is 9.35. The molecule has 1 fully saturated rings. The van der Waals surface area contributed by atoms with Gasteiger partial charge in [0.1, 0.15) is 5.75 Å². The minimum atomic E-state index is -3.28. The second-order valence-electron chi connectivity index (χ2n) is 7.18. The average molecular weight is 438 g/mol. The van der Waals surface area contributed by atoms with Crippen molar-refractivity contribution >= 4 is 33.5 Å². The molecule has 0 spiro atoms.